The Morgan fingerprint density at radius 3 is 2.55 bits per heavy atom. The molecular weight excluding hydrogens is 536 g/mol. The highest BCUT2D eigenvalue weighted by Gasteiger charge is 2.43. The van der Waals surface area contributed by atoms with Crippen LogP contribution in [0.4, 0.5) is 11.8 Å². The molecule has 4 N–H and O–H groups in total. The van der Waals surface area contributed by atoms with E-state index in [0.717, 1.165) is 18.2 Å². The summed E-state index contributed by atoms with van der Waals surface area (Å²) < 4.78 is 37.0. The predicted octanol–water partition coefficient (Wildman–Crippen LogP) is 2.54. The van der Waals surface area contributed by atoms with E-state index in [2.05, 4.69) is 15.6 Å². The Kier molecular flexibility index (Phi) is 7.92. The fourth-order valence-electron chi connectivity index (χ4n) is 5.22. The second-order valence-electron chi connectivity index (χ2n) is 11.0. The van der Waals surface area contributed by atoms with Crippen molar-refractivity contribution < 1.29 is 27.8 Å². The number of aliphatic hydroxyl groups is 2. The zero-order valence-corrected chi connectivity index (χ0v) is 24.3. The van der Waals surface area contributed by atoms with E-state index < -0.39 is 34.2 Å². The number of rotatable bonds is 11. The van der Waals surface area contributed by atoms with Crippen LogP contribution in [-0.4, -0.2) is 89.1 Å². The fraction of sp³-hybridized carbons (Fsp3) is 0.593. The largest absolute Gasteiger partial charge is 0.478 e. The molecule has 3 heterocycles. The molecule has 0 saturated heterocycles. The lowest BCUT2D eigenvalue weighted by molar-refractivity contribution is 0.0148. The summed E-state index contributed by atoms with van der Waals surface area (Å²) in [6.07, 6.45) is 1.60. The highest BCUT2D eigenvalue weighted by Crippen LogP contribution is 2.38. The number of nitrogens with one attached hydrogen (secondary N) is 2. The van der Waals surface area contributed by atoms with Crippen molar-refractivity contribution >= 4 is 32.8 Å². The fourth-order valence-corrected chi connectivity index (χ4v) is 5.68. The van der Waals surface area contributed by atoms with Gasteiger partial charge in [0.05, 0.1) is 42.0 Å². The quantitative estimate of drug-likeness (QED) is 0.266. The van der Waals surface area contributed by atoms with E-state index in [-0.39, 0.29) is 6.54 Å². The molecule has 4 unspecified atom stereocenters. The summed E-state index contributed by atoms with van der Waals surface area (Å²) >= 11 is 0. The molecule has 5 rings (SSSR count). The maximum absolute atomic E-state index is 11.9. The third-order valence-corrected chi connectivity index (χ3v) is 8.98. The summed E-state index contributed by atoms with van der Waals surface area (Å²) in [5.74, 6) is 2.12. The average Bonchev–Trinajstić information content (AvgIpc) is 3.56. The number of nitrogens with zero attached hydrogens (tertiary/aromatic N) is 4. The van der Waals surface area contributed by atoms with E-state index in [4.69, 9.17) is 19.1 Å². The summed E-state index contributed by atoms with van der Waals surface area (Å²) in [6, 6.07) is 3.15. The van der Waals surface area contributed by atoms with E-state index in [1.165, 1.54) is 24.2 Å². The molecule has 0 amide bonds. The summed E-state index contributed by atoms with van der Waals surface area (Å²) in [6.45, 7) is 7.00. The molecule has 0 aliphatic heterocycles. The SMILES string of the molecule is CCOc1cc2cc(-c3c(C)nc(NCC4CC4)nc3NC3CC(CN(C)S(C)(=O)=O)C(O)C3O)oc2c(C)n1. The summed E-state index contributed by atoms with van der Waals surface area (Å²) in [5, 5.41) is 29.2. The minimum atomic E-state index is -3.43. The number of anilines is 2. The highest BCUT2D eigenvalue weighted by atomic mass is 32.2. The number of fused-ring (bicyclic) bond motifs is 1. The van der Waals surface area contributed by atoms with Crippen LogP contribution in [0.2, 0.25) is 0 Å². The van der Waals surface area contributed by atoms with E-state index in [1.54, 1.807) is 0 Å². The Hall–Kier alpha value is -3.00. The number of aliphatic hydroxyl groups excluding tert-OH is 2. The van der Waals surface area contributed by atoms with Crippen molar-refractivity contribution in [3.63, 3.8) is 0 Å². The zero-order valence-electron chi connectivity index (χ0n) is 23.5. The second kappa shape index (κ2) is 11.1. The molecule has 2 saturated carbocycles. The summed E-state index contributed by atoms with van der Waals surface area (Å²) in [4.78, 5) is 13.9. The molecule has 218 valence electrons. The van der Waals surface area contributed by atoms with Gasteiger partial charge in [0.25, 0.3) is 0 Å². The number of aryl methyl sites for hydroxylation is 2. The molecule has 2 fully saturated rings. The van der Waals surface area contributed by atoms with Crippen molar-refractivity contribution in [2.45, 2.75) is 58.3 Å². The molecule has 40 heavy (non-hydrogen) atoms. The normalized spacial score (nSPS) is 23.2. The molecule has 2 aliphatic carbocycles. The van der Waals surface area contributed by atoms with Crippen LogP contribution in [0.25, 0.3) is 22.3 Å². The van der Waals surface area contributed by atoms with Crippen molar-refractivity contribution in [3.8, 4) is 17.2 Å². The van der Waals surface area contributed by atoms with Gasteiger partial charge in [-0.25, -0.2) is 22.7 Å². The molecule has 12 nitrogen and oxygen atoms in total. The first kappa shape index (κ1) is 28.5. The van der Waals surface area contributed by atoms with Gasteiger partial charge in [0.1, 0.15) is 17.7 Å². The van der Waals surface area contributed by atoms with Gasteiger partial charge in [0.15, 0.2) is 5.58 Å². The van der Waals surface area contributed by atoms with Crippen LogP contribution < -0.4 is 15.4 Å². The van der Waals surface area contributed by atoms with Crippen molar-refractivity contribution in [1.29, 1.82) is 0 Å². The van der Waals surface area contributed by atoms with Crippen molar-refractivity contribution in [2.75, 3.05) is 43.6 Å². The summed E-state index contributed by atoms with van der Waals surface area (Å²) in [5.41, 5.74) is 2.62. The van der Waals surface area contributed by atoms with Crippen molar-refractivity contribution in [1.82, 2.24) is 19.3 Å². The summed E-state index contributed by atoms with van der Waals surface area (Å²) in [7, 11) is -1.96. The maximum Gasteiger partial charge on any atom is 0.224 e. The average molecular weight is 575 g/mol. The molecule has 0 spiro atoms. The molecule has 4 atom stereocenters. The van der Waals surface area contributed by atoms with Gasteiger partial charge in [-0.3, -0.25) is 0 Å². The molecule has 3 aromatic rings. The van der Waals surface area contributed by atoms with E-state index in [0.29, 0.717) is 64.9 Å². The lowest BCUT2D eigenvalue weighted by Gasteiger charge is -2.21. The third kappa shape index (κ3) is 6.02. The van der Waals surface area contributed by atoms with Gasteiger partial charge < -0.3 is 30.0 Å². The number of pyridine rings is 1. The molecule has 0 radical (unpaired) electrons. The van der Waals surface area contributed by atoms with E-state index in [1.807, 2.05) is 32.9 Å². The van der Waals surface area contributed by atoms with Crippen LogP contribution in [0.5, 0.6) is 5.88 Å². The van der Waals surface area contributed by atoms with E-state index >= 15 is 0 Å². The van der Waals surface area contributed by atoms with Crippen LogP contribution in [0.1, 0.15) is 37.6 Å². The lowest BCUT2D eigenvalue weighted by Crippen LogP contribution is -2.38. The Morgan fingerprint density at radius 1 is 1.12 bits per heavy atom. The number of sulfonamides is 1. The van der Waals surface area contributed by atoms with E-state index in [9.17, 15) is 18.6 Å². The first-order chi connectivity index (χ1) is 18.9. The van der Waals surface area contributed by atoms with Crippen LogP contribution in [0, 0.1) is 25.7 Å². The van der Waals surface area contributed by atoms with Gasteiger partial charge in [0.2, 0.25) is 21.9 Å². The Bertz CT molecular complexity index is 1490. The van der Waals surface area contributed by atoms with Crippen LogP contribution in [0.15, 0.2) is 16.5 Å². The predicted molar refractivity (Wildman–Crippen MR) is 152 cm³/mol. The maximum atomic E-state index is 11.9. The van der Waals surface area contributed by atoms with Crippen LogP contribution >= 0.6 is 0 Å². The lowest BCUT2D eigenvalue weighted by atomic mass is 10.1. The number of hydrogen-bond donors (Lipinski definition) is 4. The van der Waals surface area contributed by atoms with Crippen LogP contribution in [0.3, 0.4) is 0 Å². The Morgan fingerprint density at radius 2 is 1.88 bits per heavy atom. The molecule has 0 aromatic carbocycles. The Labute approximate surface area is 234 Å². The number of ether oxygens (including phenoxy) is 1. The van der Waals surface area contributed by atoms with Gasteiger partial charge in [-0.05, 0) is 52.0 Å². The van der Waals surface area contributed by atoms with Gasteiger partial charge in [-0.1, -0.05) is 0 Å². The van der Waals surface area contributed by atoms with Gasteiger partial charge in [-0.15, -0.1) is 0 Å². The minimum absolute atomic E-state index is 0.0944. The van der Waals surface area contributed by atoms with Gasteiger partial charge >= 0.3 is 0 Å². The first-order valence-corrected chi connectivity index (χ1v) is 15.5. The first-order valence-electron chi connectivity index (χ1n) is 13.7. The zero-order chi connectivity index (χ0) is 28.8. The smallest absolute Gasteiger partial charge is 0.224 e. The number of furan rings is 1. The van der Waals surface area contributed by atoms with Gasteiger partial charge in [0, 0.05) is 37.5 Å². The monoisotopic (exact) mass is 574 g/mol. The molecular formula is C27H38N6O6S. The molecule has 2 aliphatic rings. The minimum Gasteiger partial charge on any atom is -0.478 e. The third-order valence-electron chi connectivity index (χ3n) is 7.70. The highest BCUT2D eigenvalue weighted by molar-refractivity contribution is 7.88. The van der Waals surface area contributed by atoms with Crippen LogP contribution in [-0.2, 0) is 10.0 Å². The Balaban J connectivity index is 1.49. The number of hydrogen-bond acceptors (Lipinski definition) is 11. The number of aromatic nitrogens is 3. The van der Waals surface area contributed by atoms with Crippen molar-refractivity contribution in [3.05, 3.63) is 23.5 Å². The van der Waals surface area contributed by atoms with Crippen molar-refractivity contribution in [2.24, 2.45) is 11.8 Å². The molecule has 13 heteroatoms. The second-order valence-corrected chi connectivity index (χ2v) is 13.0. The van der Waals surface area contributed by atoms with Gasteiger partial charge in [-0.2, -0.15) is 4.98 Å². The standard InChI is InChI=1S/C27H38N6O6S/c1-6-38-21-11-17-10-20(39-25(17)15(3)29-21)22-14(2)30-27(28-12-16-7-8-16)32-26(22)31-19-9-18(23(34)24(19)35)13-33(4)40(5,36)37/h10-11,16,18-19,23-24,34-35H,6-9,12-13H2,1-5H3,(H2,28,30,31,32). The molecule has 0 bridgehead atoms. The molecule has 3 aromatic heterocycles. The topological polar surface area (TPSA) is 163 Å².